The number of terminal acetylenes is 1. The van der Waals surface area contributed by atoms with E-state index in [-0.39, 0.29) is 24.4 Å². The quantitative estimate of drug-likeness (QED) is 0.491. The molecule has 0 unspecified atom stereocenters. The van der Waals surface area contributed by atoms with Gasteiger partial charge in [0.1, 0.15) is 11.6 Å². The number of nitriles is 1. The van der Waals surface area contributed by atoms with Gasteiger partial charge >= 0.3 is 0 Å². The fourth-order valence-electron chi connectivity index (χ4n) is 1.63. The lowest BCUT2D eigenvalue weighted by atomic mass is 9.73. The monoisotopic (exact) mass is 205 g/mol. The SMILES string of the molecule is C#CCCC(CCC#N)(C(C)=O)C(C)=O. The predicted molar refractivity (Wildman–Crippen MR) is 56.7 cm³/mol. The van der Waals surface area contributed by atoms with Crippen LogP contribution in [-0.4, -0.2) is 11.6 Å². The lowest BCUT2D eigenvalue weighted by molar-refractivity contribution is -0.139. The summed E-state index contributed by atoms with van der Waals surface area (Å²) in [6.45, 7) is 2.77. The second kappa shape index (κ2) is 5.98. The van der Waals surface area contributed by atoms with Crippen LogP contribution in [0.25, 0.3) is 0 Å². The number of ketones is 2. The zero-order valence-corrected chi connectivity index (χ0v) is 9.17. The molecular formula is C12H15NO2. The van der Waals surface area contributed by atoms with Crippen LogP contribution in [0.15, 0.2) is 0 Å². The van der Waals surface area contributed by atoms with Crippen molar-refractivity contribution in [3.63, 3.8) is 0 Å². The van der Waals surface area contributed by atoms with Gasteiger partial charge in [0.05, 0.1) is 11.5 Å². The Morgan fingerprint density at radius 3 is 2.00 bits per heavy atom. The predicted octanol–water partition coefficient (Wildman–Crippen LogP) is 1.87. The van der Waals surface area contributed by atoms with Gasteiger partial charge in [-0.15, -0.1) is 12.3 Å². The van der Waals surface area contributed by atoms with E-state index in [2.05, 4.69) is 5.92 Å². The molecule has 0 amide bonds. The van der Waals surface area contributed by atoms with E-state index in [1.165, 1.54) is 13.8 Å². The third-order valence-corrected chi connectivity index (χ3v) is 2.71. The molecule has 15 heavy (non-hydrogen) atoms. The molecule has 0 spiro atoms. The van der Waals surface area contributed by atoms with Crippen LogP contribution >= 0.6 is 0 Å². The first-order valence-electron chi connectivity index (χ1n) is 4.83. The maximum Gasteiger partial charge on any atom is 0.143 e. The fraction of sp³-hybridized carbons (Fsp3) is 0.583. The molecule has 0 N–H and O–H groups in total. The van der Waals surface area contributed by atoms with E-state index in [9.17, 15) is 9.59 Å². The van der Waals surface area contributed by atoms with E-state index in [0.717, 1.165) is 0 Å². The number of hydrogen-bond donors (Lipinski definition) is 0. The van der Waals surface area contributed by atoms with E-state index in [4.69, 9.17) is 11.7 Å². The molecule has 0 saturated heterocycles. The molecule has 0 radical (unpaired) electrons. The Morgan fingerprint density at radius 2 is 1.67 bits per heavy atom. The number of hydrogen-bond acceptors (Lipinski definition) is 3. The standard InChI is InChI=1S/C12H15NO2/c1-4-5-7-12(10(2)14,11(3)15)8-6-9-13/h1H,5-8H2,2-3H3. The van der Waals surface area contributed by atoms with Gasteiger partial charge in [-0.2, -0.15) is 5.26 Å². The molecule has 0 atom stereocenters. The van der Waals surface area contributed by atoms with Gasteiger partial charge in [-0.25, -0.2) is 0 Å². The minimum Gasteiger partial charge on any atom is -0.299 e. The molecule has 0 aromatic rings. The molecule has 0 fully saturated rings. The van der Waals surface area contributed by atoms with Crippen molar-refractivity contribution in [3.05, 3.63) is 0 Å². The van der Waals surface area contributed by atoms with Crippen molar-refractivity contribution in [3.8, 4) is 18.4 Å². The minimum atomic E-state index is -1.04. The Hall–Kier alpha value is -1.61. The molecule has 0 saturated carbocycles. The molecule has 0 heterocycles. The van der Waals surface area contributed by atoms with E-state index >= 15 is 0 Å². The van der Waals surface area contributed by atoms with Crippen molar-refractivity contribution in [2.45, 2.75) is 39.5 Å². The summed E-state index contributed by atoms with van der Waals surface area (Å²) in [5.74, 6) is 2.03. The Kier molecular flexibility index (Phi) is 5.34. The molecule has 80 valence electrons. The highest BCUT2D eigenvalue weighted by Gasteiger charge is 2.39. The van der Waals surface area contributed by atoms with Crippen LogP contribution in [0.5, 0.6) is 0 Å². The van der Waals surface area contributed by atoms with Crippen LogP contribution in [0.3, 0.4) is 0 Å². The summed E-state index contributed by atoms with van der Waals surface area (Å²) in [4.78, 5) is 23.0. The first kappa shape index (κ1) is 13.4. The van der Waals surface area contributed by atoms with E-state index in [0.29, 0.717) is 12.8 Å². The average Bonchev–Trinajstić information content (AvgIpc) is 2.17. The van der Waals surface area contributed by atoms with Gasteiger partial charge in [0, 0.05) is 12.8 Å². The molecule has 3 heteroatoms. The third-order valence-electron chi connectivity index (χ3n) is 2.71. The summed E-state index contributed by atoms with van der Waals surface area (Å²) in [5.41, 5.74) is -1.04. The van der Waals surface area contributed by atoms with Crippen molar-refractivity contribution in [2.24, 2.45) is 5.41 Å². The smallest absolute Gasteiger partial charge is 0.143 e. The summed E-state index contributed by atoms with van der Waals surface area (Å²) in [7, 11) is 0. The van der Waals surface area contributed by atoms with Crippen LogP contribution in [0.2, 0.25) is 0 Å². The average molecular weight is 205 g/mol. The first-order valence-corrected chi connectivity index (χ1v) is 4.83. The van der Waals surface area contributed by atoms with Crippen molar-refractivity contribution in [1.82, 2.24) is 0 Å². The second-order valence-electron chi connectivity index (χ2n) is 3.56. The van der Waals surface area contributed by atoms with Crippen LogP contribution in [0.4, 0.5) is 0 Å². The fourth-order valence-corrected chi connectivity index (χ4v) is 1.63. The largest absolute Gasteiger partial charge is 0.299 e. The van der Waals surface area contributed by atoms with Crippen molar-refractivity contribution in [2.75, 3.05) is 0 Å². The van der Waals surface area contributed by atoms with Gasteiger partial charge in [-0.1, -0.05) is 0 Å². The number of Topliss-reactive ketones (excluding diaryl/α,β-unsaturated/α-hetero) is 2. The van der Waals surface area contributed by atoms with Crippen molar-refractivity contribution in [1.29, 1.82) is 5.26 Å². The van der Waals surface area contributed by atoms with Gasteiger partial charge < -0.3 is 0 Å². The zero-order valence-electron chi connectivity index (χ0n) is 9.17. The highest BCUT2D eigenvalue weighted by molar-refractivity contribution is 6.05. The summed E-state index contributed by atoms with van der Waals surface area (Å²) < 4.78 is 0. The summed E-state index contributed by atoms with van der Waals surface area (Å²) in [6.07, 6.45) is 6.32. The van der Waals surface area contributed by atoms with Crippen LogP contribution < -0.4 is 0 Å². The highest BCUT2D eigenvalue weighted by atomic mass is 16.2. The van der Waals surface area contributed by atoms with Crippen LogP contribution in [-0.2, 0) is 9.59 Å². The van der Waals surface area contributed by atoms with Gasteiger partial charge in [0.15, 0.2) is 0 Å². The number of carbonyl (C=O) groups excluding carboxylic acids is 2. The minimum absolute atomic E-state index is 0.194. The van der Waals surface area contributed by atoms with Crippen molar-refractivity contribution < 1.29 is 9.59 Å². The Bertz CT molecular complexity index is 297. The van der Waals surface area contributed by atoms with Gasteiger partial charge in [-0.3, -0.25) is 9.59 Å². The van der Waals surface area contributed by atoms with Crippen LogP contribution in [0.1, 0.15) is 39.5 Å². The molecular weight excluding hydrogens is 190 g/mol. The maximum absolute atomic E-state index is 11.5. The topological polar surface area (TPSA) is 57.9 Å². The molecule has 0 aromatic carbocycles. The van der Waals surface area contributed by atoms with E-state index in [1.54, 1.807) is 0 Å². The lowest BCUT2D eigenvalue weighted by Crippen LogP contribution is -2.36. The molecule has 0 aliphatic carbocycles. The molecule has 0 aliphatic rings. The van der Waals surface area contributed by atoms with Crippen LogP contribution in [0, 0.1) is 29.1 Å². The van der Waals surface area contributed by atoms with Crippen molar-refractivity contribution >= 4 is 11.6 Å². The van der Waals surface area contributed by atoms with Gasteiger partial charge in [0.25, 0.3) is 0 Å². The lowest BCUT2D eigenvalue weighted by Gasteiger charge is -2.26. The number of rotatable bonds is 6. The molecule has 0 rings (SSSR count). The Labute approximate surface area is 90.5 Å². The van der Waals surface area contributed by atoms with E-state index in [1.807, 2.05) is 6.07 Å². The third kappa shape index (κ3) is 3.22. The second-order valence-corrected chi connectivity index (χ2v) is 3.56. The molecule has 0 bridgehead atoms. The van der Waals surface area contributed by atoms with Gasteiger partial charge in [0.2, 0.25) is 0 Å². The normalized spacial score (nSPS) is 10.1. The number of carbonyl (C=O) groups is 2. The van der Waals surface area contributed by atoms with Gasteiger partial charge in [-0.05, 0) is 26.7 Å². The Morgan fingerprint density at radius 1 is 1.20 bits per heavy atom. The molecule has 3 nitrogen and oxygen atoms in total. The first-order chi connectivity index (χ1) is 7.01. The highest BCUT2D eigenvalue weighted by Crippen LogP contribution is 2.32. The zero-order chi connectivity index (χ0) is 11.9. The summed E-state index contributed by atoms with van der Waals surface area (Å²) in [5, 5.41) is 8.51. The molecule has 0 aromatic heterocycles. The Balaban J connectivity index is 4.93. The number of nitrogens with zero attached hydrogens (tertiary/aromatic N) is 1. The molecule has 0 aliphatic heterocycles. The summed E-state index contributed by atoms with van der Waals surface area (Å²) >= 11 is 0. The maximum atomic E-state index is 11.5. The summed E-state index contributed by atoms with van der Waals surface area (Å²) in [6, 6.07) is 1.95. The van der Waals surface area contributed by atoms with E-state index < -0.39 is 5.41 Å².